The fourth-order valence-electron chi connectivity index (χ4n) is 3.33. The molecule has 1 amide bonds. The number of amides is 1. The summed E-state index contributed by atoms with van der Waals surface area (Å²) in [6.45, 7) is 4.16. The number of fused-ring (bicyclic) bond motifs is 1. The van der Waals surface area contributed by atoms with Crippen molar-refractivity contribution in [3.05, 3.63) is 76.0 Å². The standard InChI is InChI=1S/C21H22FN3O2/c1-4-18(14-10-12-15(22)13-11-14)24(3)21(27)19-16-8-6-7-9-17(16)20(26)25(5-2)23-19/h6-13,18H,4-5H2,1-3H3/t18-/m0/s1. The lowest BCUT2D eigenvalue weighted by molar-refractivity contribution is 0.0719. The van der Waals surface area contributed by atoms with Gasteiger partial charge in [0.1, 0.15) is 5.82 Å². The van der Waals surface area contributed by atoms with Gasteiger partial charge < -0.3 is 4.90 Å². The molecular weight excluding hydrogens is 345 g/mol. The van der Waals surface area contributed by atoms with E-state index in [2.05, 4.69) is 5.10 Å². The molecule has 0 aliphatic carbocycles. The molecule has 0 fully saturated rings. The van der Waals surface area contributed by atoms with Crippen molar-refractivity contribution in [2.75, 3.05) is 7.05 Å². The number of aryl methyl sites for hydroxylation is 1. The highest BCUT2D eigenvalue weighted by atomic mass is 19.1. The normalized spacial score (nSPS) is 12.1. The van der Waals surface area contributed by atoms with Gasteiger partial charge in [-0.3, -0.25) is 9.59 Å². The van der Waals surface area contributed by atoms with E-state index < -0.39 is 0 Å². The number of nitrogens with zero attached hydrogens (tertiary/aromatic N) is 3. The van der Waals surface area contributed by atoms with Gasteiger partial charge in [-0.1, -0.05) is 37.3 Å². The average Bonchev–Trinajstić information content (AvgIpc) is 2.70. The molecular formula is C21H22FN3O2. The van der Waals surface area contributed by atoms with Gasteiger partial charge in [-0.2, -0.15) is 5.10 Å². The highest BCUT2D eigenvalue weighted by molar-refractivity contribution is 6.04. The Morgan fingerprint density at radius 1 is 1.11 bits per heavy atom. The summed E-state index contributed by atoms with van der Waals surface area (Å²) in [6, 6.07) is 12.9. The van der Waals surface area contributed by atoms with E-state index in [1.54, 1.807) is 48.3 Å². The maximum atomic E-state index is 13.3. The lowest BCUT2D eigenvalue weighted by atomic mass is 10.0. The maximum Gasteiger partial charge on any atom is 0.275 e. The Labute approximate surface area is 157 Å². The summed E-state index contributed by atoms with van der Waals surface area (Å²) in [4.78, 5) is 27.3. The summed E-state index contributed by atoms with van der Waals surface area (Å²) in [5, 5.41) is 5.33. The van der Waals surface area contributed by atoms with Crippen LogP contribution in [0.2, 0.25) is 0 Å². The topological polar surface area (TPSA) is 55.2 Å². The van der Waals surface area contributed by atoms with Gasteiger partial charge in [0.25, 0.3) is 11.5 Å². The second-order valence-electron chi connectivity index (χ2n) is 6.41. The number of carbonyl (C=O) groups is 1. The number of halogens is 1. The van der Waals surface area contributed by atoms with Crippen molar-refractivity contribution in [2.24, 2.45) is 0 Å². The van der Waals surface area contributed by atoms with Gasteiger partial charge in [0.05, 0.1) is 11.4 Å². The highest BCUT2D eigenvalue weighted by Gasteiger charge is 2.25. The minimum Gasteiger partial charge on any atom is -0.333 e. The Kier molecular flexibility index (Phi) is 5.35. The van der Waals surface area contributed by atoms with Gasteiger partial charge in [0, 0.05) is 19.0 Å². The molecule has 5 nitrogen and oxygen atoms in total. The number of aromatic nitrogens is 2. The predicted molar refractivity (Wildman–Crippen MR) is 103 cm³/mol. The zero-order valence-electron chi connectivity index (χ0n) is 15.6. The zero-order chi connectivity index (χ0) is 19.6. The molecule has 27 heavy (non-hydrogen) atoms. The fourth-order valence-corrected chi connectivity index (χ4v) is 3.33. The van der Waals surface area contributed by atoms with E-state index in [-0.39, 0.29) is 29.0 Å². The molecule has 0 spiro atoms. The Hall–Kier alpha value is -3.02. The molecule has 140 valence electrons. The molecule has 0 bridgehead atoms. The van der Waals surface area contributed by atoms with E-state index >= 15 is 0 Å². The van der Waals surface area contributed by atoms with E-state index in [0.717, 1.165) is 5.56 Å². The SMILES string of the molecule is CC[C@@H](c1ccc(F)cc1)N(C)C(=O)c1nn(CC)c(=O)c2ccccc12. The summed E-state index contributed by atoms with van der Waals surface area (Å²) in [5.41, 5.74) is 0.885. The average molecular weight is 367 g/mol. The molecule has 6 heteroatoms. The van der Waals surface area contributed by atoms with E-state index in [9.17, 15) is 14.0 Å². The third kappa shape index (κ3) is 3.47. The molecule has 0 unspecified atom stereocenters. The first kappa shape index (κ1) is 18.8. The van der Waals surface area contributed by atoms with E-state index in [0.29, 0.717) is 23.7 Å². The van der Waals surface area contributed by atoms with Crippen LogP contribution in [0.15, 0.2) is 53.3 Å². The first-order chi connectivity index (χ1) is 13.0. The summed E-state index contributed by atoms with van der Waals surface area (Å²) >= 11 is 0. The molecule has 2 aromatic carbocycles. The molecule has 1 heterocycles. The minimum absolute atomic E-state index is 0.210. The zero-order valence-corrected chi connectivity index (χ0v) is 15.6. The third-order valence-corrected chi connectivity index (χ3v) is 4.80. The third-order valence-electron chi connectivity index (χ3n) is 4.80. The molecule has 0 radical (unpaired) electrons. The summed E-state index contributed by atoms with van der Waals surface area (Å²) < 4.78 is 14.6. The maximum absolute atomic E-state index is 13.3. The highest BCUT2D eigenvalue weighted by Crippen LogP contribution is 2.26. The molecule has 3 aromatic rings. The van der Waals surface area contributed by atoms with Gasteiger partial charge in [0.2, 0.25) is 0 Å². The second-order valence-corrected chi connectivity index (χ2v) is 6.41. The monoisotopic (exact) mass is 367 g/mol. The van der Waals surface area contributed by atoms with Crippen molar-refractivity contribution >= 4 is 16.7 Å². The quantitative estimate of drug-likeness (QED) is 0.690. The molecule has 3 rings (SSSR count). The molecule has 0 saturated carbocycles. The van der Waals surface area contributed by atoms with Crippen LogP contribution in [0.4, 0.5) is 4.39 Å². The molecule has 1 atom stereocenters. The number of benzene rings is 2. The van der Waals surface area contributed by atoms with Crippen molar-refractivity contribution in [3.63, 3.8) is 0 Å². The Bertz CT molecular complexity index is 1030. The molecule has 0 N–H and O–H groups in total. The minimum atomic E-state index is -0.315. The molecule has 1 aromatic heterocycles. The van der Waals surface area contributed by atoms with Crippen LogP contribution in [0.1, 0.15) is 42.4 Å². The Morgan fingerprint density at radius 3 is 2.33 bits per heavy atom. The van der Waals surface area contributed by atoms with Crippen LogP contribution in [0.3, 0.4) is 0 Å². The van der Waals surface area contributed by atoms with Crippen molar-refractivity contribution in [3.8, 4) is 0 Å². The van der Waals surface area contributed by atoms with Crippen LogP contribution in [0.5, 0.6) is 0 Å². The summed E-state index contributed by atoms with van der Waals surface area (Å²) in [5.74, 6) is -0.588. The number of hydrogen-bond acceptors (Lipinski definition) is 3. The van der Waals surface area contributed by atoms with Crippen LogP contribution < -0.4 is 5.56 Å². The molecule has 0 saturated heterocycles. The summed E-state index contributed by atoms with van der Waals surface area (Å²) in [6.07, 6.45) is 0.666. The van der Waals surface area contributed by atoms with Crippen molar-refractivity contribution in [1.29, 1.82) is 0 Å². The lowest BCUT2D eigenvalue weighted by Gasteiger charge is -2.28. The summed E-state index contributed by atoms with van der Waals surface area (Å²) in [7, 11) is 1.71. The first-order valence-electron chi connectivity index (χ1n) is 9.00. The Morgan fingerprint density at radius 2 is 1.74 bits per heavy atom. The van der Waals surface area contributed by atoms with E-state index in [1.165, 1.54) is 16.8 Å². The van der Waals surface area contributed by atoms with Gasteiger partial charge in [-0.15, -0.1) is 0 Å². The van der Waals surface area contributed by atoms with Gasteiger partial charge >= 0.3 is 0 Å². The van der Waals surface area contributed by atoms with Crippen LogP contribution in [-0.4, -0.2) is 27.6 Å². The number of rotatable bonds is 5. The number of carbonyl (C=O) groups excluding carboxylic acids is 1. The number of hydrogen-bond donors (Lipinski definition) is 0. The van der Waals surface area contributed by atoms with Gasteiger partial charge in [-0.05, 0) is 37.1 Å². The van der Waals surface area contributed by atoms with E-state index in [1.807, 2.05) is 13.8 Å². The lowest BCUT2D eigenvalue weighted by Crippen LogP contribution is -2.34. The van der Waals surface area contributed by atoms with Gasteiger partial charge in [-0.25, -0.2) is 9.07 Å². The van der Waals surface area contributed by atoms with Crippen molar-refractivity contribution in [1.82, 2.24) is 14.7 Å². The smallest absolute Gasteiger partial charge is 0.275 e. The second kappa shape index (κ2) is 7.70. The first-order valence-corrected chi connectivity index (χ1v) is 9.00. The molecule has 0 aliphatic rings. The van der Waals surface area contributed by atoms with Crippen LogP contribution >= 0.6 is 0 Å². The fraction of sp³-hybridized carbons (Fsp3) is 0.286. The van der Waals surface area contributed by atoms with Gasteiger partial charge in [0.15, 0.2) is 5.69 Å². The Balaban J connectivity index is 2.07. The predicted octanol–water partition coefficient (Wildman–Crippen LogP) is 3.78. The van der Waals surface area contributed by atoms with Crippen LogP contribution in [0, 0.1) is 5.82 Å². The van der Waals surface area contributed by atoms with Crippen LogP contribution in [0.25, 0.3) is 10.8 Å². The van der Waals surface area contributed by atoms with Crippen LogP contribution in [-0.2, 0) is 6.54 Å². The van der Waals surface area contributed by atoms with Crippen molar-refractivity contribution in [2.45, 2.75) is 32.9 Å². The van der Waals surface area contributed by atoms with Crippen molar-refractivity contribution < 1.29 is 9.18 Å². The molecule has 0 aliphatic heterocycles. The van der Waals surface area contributed by atoms with E-state index in [4.69, 9.17) is 0 Å². The largest absolute Gasteiger partial charge is 0.333 e.